The molecule has 5 rings (SSSR count). The van der Waals surface area contributed by atoms with Crippen molar-refractivity contribution in [1.29, 1.82) is 0 Å². The molecule has 11 heteroatoms. The lowest BCUT2D eigenvalue weighted by atomic mass is 9.93. The topological polar surface area (TPSA) is 90.9 Å². The summed E-state index contributed by atoms with van der Waals surface area (Å²) in [7, 11) is -3.32. The molecule has 1 unspecified atom stereocenters. The minimum atomic E-state index is -4.61. The Morgan fingerprint density at radius 1 is 1.08 bits per heavy atom. The van der Waals surface area contributed by atoms with Crippen LogP contribution in [-0.2, 0) is 16.0 Å². The highest BCUT2D eigenvalue weighted by Crippen LogP contribution is 2.40. The lowest BCUT2D eigenvalue weighted by Crippen LogP contribution is -2.19. The molecule has 1 aliphatic carbocycles. The third-order valence-corrected chi connectivity index (χ3v) is 8.06. The number of sulfone groups is 1. The average Bonchev–Trinajstić information content (AvgIpc) is 3.46. The second kappa shape index (κ2) is 9.64. The highest BCUT2D eigenvalue weighted by molar-refractivity contribution is 7.91. The first-order valence-electron chi connectivity index (χ1n) is 12.1. The average molecular weight is 555 g/mol. The molecule has 202 valence electrons. The first-order valence-corrected chi connectivity index (χ1v) is 14.0. The van der Waals surface area contributed by atoms with Crippen LogP contribution in [0.5, 0.6) is 0 Å². The van der Waals surface area contributed by atoms with Gasteiger partial charge in [-0.25, -0.2) is 18.4 Å². The smallest absolute Gasteiger partial charge is 0.434 e. The molecule has 3 heterocycles. The fourth-order valence-corrected chi connectivity index (χ4v) is 5.52. The first-order chi connectivity index (χ1) is 18.3. The molecule has 0 aliphatic heterocycles. The van der Waals surface area contributed by atoms with Crippen molar-refractivity contribution in [2.24, 2.45) is 0 Å². The summed E-state index contributed by atoms with van der Waals surface area (Å²) in [6.45, 7) is 5.02. The summed E-state index contributed by atoms with van der Waals surface area (Å²) in [6, 6.07) is 8.86. The van der Waals surface area contributed by atoms with E-state index >= 15 is 0 Å². The number of allylic oxidation sites excluding steroid dienone is 3. The van der Waals surface area contributed by atoms with E-state index < -0.39 is 27.0 Å². The first kappa shape index (κ1) is 26.6. The largest absolute Gasteiger partial charge is 0.440 e. The maximum atomic E-state index is 13.5. The Labute approximate surface area is 223 Å². The van der Waals surface area contributed by atoms with Crippen LogP contribution in [0.3, 0.4) is 0 Å². The Morgan fingerprint density at radius 3 is 2.51 bits per heavy atom. The van der Waals surface area contributed by atoms with Crippen LogP contribution >= 0.6 is 0 Å². The Bertz CT molecular complexity index is 1750. The number of imidazole rings is 1. The summed E-state index contributed by atoms with van der Waals surface area (Å²) in [5, 5.41) is -0.672. The van der Waals surface area contributed by atoms with E-state index in [2.05, 4.69) is 15.0 Å². The second-order valence-electron chi connectivity index (χ2n) is 9.47. The number of hydrogen-bond acceptors (Lipinski definition) is 6. The van der Waals surface area contributed by atoms with Gasteiger partial charge in [-0.1, -0.05) is 24.3 Å². The van der Waals surface area contributed by atoms with Crippen molar-refractivity contribution in [1.82, 2.24) is 19.5 Å². The molecular formula is C28H25F3N4O3S. The zero-order valence-corrected chi connectivity index (χ0v) is 22.4. The molecule has 1 aliphatic rings. The van der Waals surface area contributed by atoms with Gasteiger partial charge < -0.3 is 8.98 Å². The zero-order valence-electron chi connectivity index (χ0n) is 21.6. The van der Waals surface area contributed by atoms with E-state index in [0.29, 0.717) is 39.9 Å². The number of hydrogen-bond donors (Lipinski definition) is 0. The SMILES string of the molecule is Cc1nc(-c2cc(C3=CC=CC(S(C)(=O)=O)C3)ccc2-n2cc(C(F)(F)F)nc2C)c(-c2cccnc2C)o1. The van der Waals surface area contributed by atoms with Crippen LogP contribution in [0.2, 0.25) is 0 Å². The molecule has 0 saturated heterocycles. The maximum absolute atomic E-state index is 13.5. The molecule has 1 atom stereocenters. The van der Waals surface area contributed by atoms with Crippen molar-refractivity contribution in [3.8, 4) is 28.3 Å². The van der Waals surface area contributed by atoms with Gasteiger partial charge in [0, 0.05) is 42.4 Å². The van der Waals surface area contributed by atoms with E-state index in [-0.39, 0.29) is 12.2 Å². The lowest BCUT2D eigenvalue weighted by Gasteiger charge is -2.19. The Balaban J connectivity index is 1.74. The van der Waals surface area contributed by atoms with Crippen molar-refractivity contribution in [2.75, 3.05) is 6.26 Å². The summed E-state index contributed by atoms with van der Waals surface area (Å²) in [5.41, 5.74) is 3.22. The van der Waals surface area contributed by atoms with Gasteiger partial charge in [-0.3, -0.25) is 4.98 Å². The van der Waals surface area contributed by atoms with E-state index in [1.807, 2.05) is 19.1 Å². The van der Waals surface area contributed by atoms with Gasteiger partial charge in [-0.2, -0.15) is 13.2 Å². The minimum absolute atomic E-state index is 0.146. The number of aromatic nitrogens is 4. The van der Waals surface area contributed by atoms with Crippen molar-refractivity contribution >= 4 is 15.4 Å². The molecule has 0 fully saturated rings. The van der Waals surface area contributed by atoms with E-state index in [0.717, 1.165) is 17.3 Å². The van der Waals surface area contributed by atoms with Crippen molar-refractivity contribution in [2.45, 2.75) is 38.6 Å². The Morgan fingerprint density at radius 2 is 1.85 bits per heavy atom. The summed E-state index contributed by atoms with van der Waals surface area (Å²) < 4.78 is 72.4. The van der Waals surface area contributed by atoms with Crippen LogP contribution in [-0.4, -0.2) is 39.4 Å². The van der Waals surface area contributed by atoms with Gasteiger partial charge >= 0.3 is 6.18 Å². The quantitative estimate of drug-likeness (QED) is 0.288. The molecule has 4 aromatic rings. The zero-order chi connectivity index (χ0) is 28.1. The van der Waals surface area contributed by atoms with Crippen molar-refractivity contribution < 1.29 is 26.0 Å². The van der Waals surface area contributed by atoms with E-state index in [4.69, 9.17) is 4.42 Å². The predicted octanol–water partition coefficient (Wildman–Crippen LogP) is 6.29. The molecule has 0 spiro atoms. The standard InChI is InChI=1S/C28H25F3N4O3S/c1-16-22(9-6-12-32-16)27-26(34-18(3)38-27)23-14-20(19-7-5-8-21(13-19)39(4,36)37)10-11-24(23)35-15-25(28(29,30)31)33-17(35)2/h5-12,14-15,21H,13H2,1-4H3. The monoisotopic (exact) mass is 554 g/mol. The highest BCUT2D eigenvalue weighted by Gasteiger charge is 2.35. The molecule has 7 nitrogen and oxygen atoms in total. The molecule has 1 aromatic carbocycles. The number of oxazole rings is 1. The molecular weight excluding hydrogens is 529 g/mol. The van der Waals surface area contributed by atoms with Crippen molar-refractivity contribution in [3.63, 3.8) is 0 Å². The number of halogens is 3. The molecule has 3 aromatic heterocycles. The van der Waals surface area contributed by atoms with E-state index in [1.165, 1.54) is 17.7 Å². The van der Waals surface area contributed by atoms with Crippen LogP contribution in [0, 0.1) is 20.8 Å². The molecule has 0 saturated carbocycles. The maximum Gasteiger partial charge on any atom is 0.434 e. The third-order valence-electron chi connectivity index (χ3n) is 6.63. The summed E-state index contributed by atoms with van der Waals surface area (Å²) in [6.07, 6.45) is 4.65. The Kier molecular flexibility index (Phi) is 6.58. The minimum Gasteiger partial charge on any atom is -0.440 e. The summed E-state index contributed by atoms with van der Waals surface area (Å²) >= 11 is 0. The van der Waals surface area contributed by atoms with E-state index in [1.54, 1.807) is 49.5 Å². The molecule has 39 heavy (non-hydrogen) atoms. The normalized spacial score (nSPS) is 16.0. The fourth-order valence-electron chi connectivity index (χ4n) is 4.66. The van der Waals surface area contributed by atoms with Gasteiger partial charge in [0.25, 0.3) is 0 Å². The molecule has 0 bridgehead atoms. The van der Waals surface area contributed by atoms with Crippen LogP contribution in [0.1, 0.15) is 35.1 Å². The number of aryl methyl sites for hydroxylation is 3. The van der Waals surface area contributed by atoms with Gasteiger partial charge in [0.1, 0.15) is 11.5 Å². The van der Waals surface area contributed by atoms with Gasteiger partial charge in [-0.05, 0) is 55.7 Å². The van der Waals surface area contributed by atoms with Crippen LogP contribution < -0.4 is 0 Å². The number of pyridine rings is 1. The van der Waals surface area contributed by atoms with Crippen molar-refractivity contribution in [3.05, 3.63) is 89.6 Å². The fraction of sp³-hybridized carbons (Fsp3) is 0.250. The molecule has 0 radical (unpaired) electrons. The third kappa shape index (κ3) is 5.18. The summed E-state index contributed by atoms with van der Waals surface area (Å²) in [4.78, 5) is 12.7. The van der Waals surface area contributed by atoms with Crippen LogP contribution in [0.15, 0.2) is 65.4 Å². The van der Waals surface area contributed by atoms with Gasteiger partial charge in [-0.15, -0.1) is 0 Å². The number of nitrogens with zero attached hydrogens (tertiary/aromatic N) is 4. The lowest BCUT2D eigenvalue weighted by molar-refractivity contribution is -0.141. The number of rotatable bonds is 5. The highest BCUT2D eigenvalue weighted by atomic mass is 32.2. The number of alkyl halides is 3. The van der Waals surface area contributed by atoms with Gasteiger partial charge in [0.2, 0.25) is 0 Å². The molecule has 0 N–H and O–H groups in total. The second-order valence-corrected chi connectivity index (χ2v) is 11.7. The summed E-state index contributed by atoms with van der Waals surface area (Å²) in [5.74, 6) is 0.944. The van der Waals surface area contributed by atoms with Crippen LogP contribution in [0.25, 0.3) is 33.8 Å². The van der Waals surface area contributed by atoms with Gasteiger partial charge in [0.15, 0.2) is 27.2 Å². The van der Waals surface area contributed by atoms with Crippen LogP contribution in [0.4, 0.5) is 13.2 Å². The predicted molar refractivity (Wildman–Crippen MR) is 142 cm³/mol. The van der Waals surface area contributed by atoms with E-state index in [9.17, 15) is 21.6 Å². The number of benzene rings is 1. The Hall–Kier alpha value is -3.99. The van der Waals surface area contributed by atoms with Gasteiger partial charge in [0.05, 0.1) is 10.9 Å². The molecule has 0 amide bonds.